The molecule has 5 nitrogen and oxygen atoms in total. The lowest BCUT2D eigenvalue weighted by Crippen LogP contribution is -2.32. The molecule has 2 aromatic heterocycles. The molecular formula is C17H15FN2O3S. The zero-order valence-electron chi connectivity index (χ0n) is 13.1. The van der Waals surface area contributed by atoms with Crippen LogP contribution in [0.4, 0.5) is 4.39 Å². The Balaban J connectivity index is 2.30. The number of hydrogen-bond donors (Lipinski definition) is 1. The minimum atomic E-state index is -1.07. The van der Waals surface area contributed by atoms with E-state index in [0.29, 0.717) is 27.2 Å². The van der Waals surface area contributed by atoms with Gasteiger partial charge in [-0.05, 0) is 31.0 Å². The topological polar surface area (TPSA) is 72.2 Å². The van der Waals surface area contributed by atoms with Gasteiger partial charge in [-0.3, -0.25) is 9.36 Å². The normalized spacial score (nSPS) is 12.5. The molecule has 0 aliphatic heterocycles. The van der Waals surface area contributed by atoms with Crippen LogP contribution in [-0.2, 0) is 4.79 Å². The lowest BCUT2D eigenvalue weighted by molar-refractivity contribution is -0.141. The fourth-order valence-corrected chi connectivity index (χ4v) is 3.76. The minimum absolute atomic E-state index is 0.277. The van der Waals surface area contributed by atoms with E-state index in [1.165, 1.54) is 28.0 Å². The van der Waals surface area contributed by atoms with Gasteiger partial charge in [-0.2, -0.15) is 0 Å². The van der Waals surface area contributed by atoms with Crippen LogP contribution in [0.15, 0.2) is 34.4 Å². The van der Waals surface area contributed by atoms with E-state index in [1.807, 2.05) is 0 Å². The van der Waals surface area contributed by atoms with Gasteiger partial charge in [-0.25, -0.2) is 14.2 Å². The van der Waals surface area contributed by atoms with E-state index in [2.05, 4.69) is 4.98 Å². The molecule has 0 radical (unpaired) electrons. The van der Waals surface area contributed by atoms with Crippen molar-refractivity contribution in [2.45, 2.75) is 26.3 Å². The van der Waals surface area contributed by atoms with Crippen molar-refractivity contribution < 1.29 is 14.3 Å². The van der Waals surface area contributed by atoms with E-state index in [0.717, 1.165) is 0 Å². The Labute approximate surface area is 141 Å². The number of thiophene rings is 1. The SMILES string of the molecule is CCC(C(=O)O)n1c(C)nc2scc(-c3ccc(F)cc3)c2c1=O. The summed E-state index contributed by atoms with van der Waals surface area (Å²) in [5.74, 6) is -1.06. The fourth-order valence-electron chi connectivity index (χ4n) is 2.78. The number of carboxylic acids is 1. The summed E-state index contributed by atoms with van der Waals surface area (Å²) in [7, 11) is 0. The summed E-state index contributed by atoms with van der Waals surface area (Å²) in [4.78, 5) is 29.4. The zero-order valence-corrected chi connectivity index (χ0v) is 13.9. The third-order valence-electron chi connectivity index (χ3n) is 3.95. The van der Waals surface area contributed by atoms with Gasteiger partial charge in [0.25, 0.3) is 5.56 Å². The van der Waals surface area contributed by atoms with Gasteiger partial charge in [0.2, 0.25) is 0 Å². The maximum absolute atomic E-state index is 13.1. The highest BCUT2D eigenvalue weighted by atomic mass is 32.1. The summed E-state index contributed by atoms with van der Waals surface area (Å²) in [6, 6.07) is 4.87. The predicted molar refractivity (Wildman–Crippen MR) is 91.0 cm³/mol. The first-order valence-electron chi connectivity index (χ1n) is 7.43. The minimum Gasteiger partial charge on any atom is -0.480 e. The molecule has 3 rings (SSSR count). The molecule has 7 heteroatoms. The Bertz CT molecular complexity index is 976. The number of fused-ring (bicyclic) bond motifs is 1. The van der Waals surface area contributed by atoms with E-state index in [-0.39, 0.29) is 17.8 Å². The molecular weight excluding hydrogens is 331 g/mol. The van der Waals surface area contributed by atoms with Crippen LogP contribution in [-0.4, -0.2) is 20.6 Å². The van der Waals surface area contributed by atoms with E-state index in [9.17, 15) is 19.1 Å². The third kappa shape index (κ3) is 2.60. The number of aromatic nitrogens is 2. The van der Waals surface area contributed by atoms with E-state index in [1.54, 1.807) is 31.4 Å². The average Bonchev–Trinajstić information content (AvgIpc) is 2.95. The predicted octanol–water partition coefficient (Wildman–Crippen LogP) is 3.61. The molecule has 1 N–H and O–H groups in total. The molecule has 1 unspecified atom stereocenters. The maximum Gasteiger partial charge on any atom is 0.326 e. The Kier molecular flexibility index (Phi) is 4.19. The van der Waals surface area contributed by atoms with Crippen molar-refractivity contribution in [3.63, 3.8) is 0 Å². The Hall–Kier alpha value is -2.54. The van der Waals surface area contributed by atoms with E-state index in [4.69, 9.17) is 0 Å². The van der Waals surface area contributed by atoms with Gasteiger partial charge in [-0.1, -0.05) is 19.1 Å². The van der Waals surface area contributed by atoms with Crippen molar-refractivity contribution in [1.82, 2.24) is 9.55 Å². The van der Waals surface area contributed by atoms with Crippen LogP contribution >= 0.6 is 11.3 Å². The van der Waals surface area contributed by atoms with Crippen molar-refractivity contribution in [3.8, 4) is 11.1 Å². The van der Waals surface area contributed by atoms with Gasteiger partial charge in [0.1, 0.15) is 22.5 Å². The van der Waals surface area contributed by atoms with Gasteiger partial charge in [0.15, 0.2) is 0 Å². The molecule has 1 atom stereocenters. The molecule has 0 saturated carbocycles. The summed E-state index contributed by atoms with van der Waals surface area (Å²) in [5.41, 5.74) is 0.953. The molecule has 124 valence electrons. The maximum atomic E-state index is 13.1. The molecule has 1 aromatic carbocycles. The number of aliphatic carboxylic acids is 1. The number of rotatable bonds is 4. The van der Waals surface area contributed by atoms with Crippen LogP contribution in [0.5, 0.6) is 0 Å². The molecule has 0 fully saturated rings. The number of carboxylic acid groups (broad SMARTS) is 1. The van der Waals surface area contributed by atoms with Crippen molar-refractivity contribution in [1.29, 1.82) is 0 Å². The summed E-state index contributed by atoms with van der Waals surface area (Å²) in [5, 5.41) is 11.6. The molecule has 0 amide bonds. The van der Waals surface area contributed by atoms with Gasteiger partial charge < -0.3 is 5.11 Å². The summed E-state index contributed by atoms with van der Waals surface area (Å²) in [6.45, 7) is 3.34. The molecule has 0 saturated heterocycles. The quantitative estimate of drug-likeness (QED) is 0.783. The number of halogens is 1. The second-order valence-electron chi connectivity index (χ2n) is 5.43. The second kappa shape index (κ2) is 6.16. The highest BCUT2D eigenvalue weighted by Gasteiger charge is 2.24. The second-order valence-corrected chi connectivity index (χ2v) is 6.29. The lowest BCUT2D eigenvalue weighted by atomic mass is 10.1. The number of hydrogen-bond acceptors (Lipinski definition) is 4. The van der Waals surface area contributed by atoms with Crippen LogP contribution in [0.3, 0.4) is 0 Å². The average molecular weight is 346 g/mol. The molecule has 3 aromatic rings. The molecule has 2 heterocycles. The monoisotopic (exact) mass is 346 g/mol. The molecule has 0 bridgehead atoms. The van der Waals surface area contributed by atoms with Crippen molar-refractivity contribution >= 4 is 27.5 Å². The van der Waals surface area contributed by atoms with Gasteiger partial charge in [0, 0.05) is 10.9 Å². The number of nitrogens with zero attached hydrogens (tertiary/aromatic N) is 2. The lowest BCUT2D eigenvalue weighted by Gasteiger charge is -2.16. The van der Waals surface area contributed by atoms with Crippen molar-refractivity contribution in [2.75, 3.05) is 0 Å². The fraction of sp³-hybridized carbons (Fsp3) is 0.235. The summed E-state index contributed by atoms with van der Waals surface area (Å²) < 4.78 is 14.4. The summed E-state index contributed by atoms with van der Waals surface area (Å²) in [6.07, 6.45) is 0.277. The van der Waals surface area contributed by atoms with Crippen molar-refractivity contribution in [2.24, 2.45) is 0 Å². The molecule has 0 spiro atoms. The van der Waals surface area contributed by atoms with Gasteiger partial charge >= 0.3 is 5.97 Å². The van der Waals surface area contributed by atoms with Crippen LogP contribution in [0, 0.1) is 12.7 Å². The Morgan fingerprint density at radius 3 is 2.62 bits per heavy atom. The van der Waals surface area contributed by atoms with Crippen LogP contribution in [0.1, 0.15) is 25.2 Å². The highest BCUT2D eigenvalue weighted by molar-refractivity contribution is 7.17. The molecule has 24 heavy (non-hydrogen) atoms. The largest absolute Gasteiger partial charge is 0.480 e. The highest BCUT2D eigenvalue weighted by Crippen LogP contribution is 2.31. The van der Waals surface area contributed by atoms with E-state index >= 15 is 0 Å². The smallest absolute Gasteiger partial charge is 0.326 e. The third-order valence-corrected chi connectivity index (χ3v) is 4.83. The van der Waals surface area contributed by atoms with Gasteiger partial charge in [0.05, 0.1) is 5.39 Å². The Morgan fingerprint density at radius 2 is 2.04 bits per heavy atom. The molecule has 0 aliphatic rings. The van der Waals surface area contributed by atoms with Crippen molar-refractivity contribution in [3.05, 3.63) is 51.6 Å². The van der Waals surface area contributed by atoms with E-state index < -0.39 is 12.0 Å². The van der Waals surface area contributed by atoms with Gasteiger partial charge in [-0.15, -0.1) is 11.3 Å². The van der Waals surface area contributed by atoms with Crippen LogP contribution in [0.25, 0.3) is 21.3 Å². The number of benzene rings is 1. The Morgan fingerprint density at radius 1 is 1.38 bits per heavy atom. The standard InChI is InChI=1S/C17H15FN2O3S/c1-3-13(17(22)23)20-9(2)19-15-14(16(20)21)12(8-24-15)10-4-6-11(18)7-5-10/h4-8,13H,3H2,1-2H3,(H,22,23). The summed E-state index contributed by atoms with van der Waals surface area (Å²) >= 11 is 1.31. The number of aryl methyl sites for hydroxylation is 1. The van der Waals surface area contributed by atoms with Crippen LogP contribution in [0.2, 0.25) is 0 Å². The first-order valence-corrected chi connectivity index (χ1v) is 8.31. The number of carbonyl (C=O) groups is 1. The molecule has 0 aliphatic carbocycles. The zero-order chi connectivity index (χ0) is 17.4. The first kappa shape index (κ1) is 16.3. The van der Waals surface area contributed by atoms with Crippen LogP contribution < -0.4 is 5.56 Å². The first-order chi connectivity index (χ1) is 11.4.